The Hall–Kier alpha value is -1.42. The van der Waals surface area contributed by atoms with Gasteiger partial charge in [-0.2, -0.15) is 0 Å². The summed E-state index contributed by atoms with van der Waals surface area (Å²) in [5, 5.41) is 3.47. The van der Waals surface area contributed by atoms with Crippen LogP contribution in [0.3, 0.4) is 0 Å². The molecule has 0 aliphatic rings. The molecule has 0 aliphatic carbocycles. The van der Waals surface area contributed by atoms with Gasteiger partial charge in [-0.3, -0.25) is 0 Å². The highest BCUT2D eigenvalue weighted by molar-refractivity contribution is 5.76. The maximum atomic E-state index is 13.3. The van der Waals surface area contributed by atoms with Crippen molar-refractivity contribution in [2.75, 3.05) is 6.54 Å². The Balaban J connectivity index is 2.24. The minimum Gasteiger partial charge on any atom is -0.328 e. The van der Waals surface area contributed by atoms with Crippen LogP contribution in [0, 0.1) is 5.82 Å². The van der Waals surface area contributed by atoms with E-state index >= 15 is 0 Å². The van der Waals surface area contributed by atoms with Crippen LogP contribution >= 0.6 is 0 Å². The first-order valence-corrected chi connectivity index (χ1v) is 7.30. The number of hydrogen-bond donors (Lipinski definition) is 1. The molecule has 1 heterocycles. The van der Waals surface area contributed by atoms with Crippen LogP contribution in [0.25, 0.3) is 11.0 Å². The molecule has 1 N–H and O–H groups in total. The van der Waals surface area contributed by atoms with Crippen LogP contribution in [-0.4, -0.2) is 21.6 Å². The van der Waals surface area contributed by atoms with Crippen LogP contribution in [0.1, 0.15) is 39.9 Å². The molecule has 20 heavy (non-hydrogen) atoms. The third kappa shape index (κ3) is 3.57. The van der Waals surface area contributed by atoms with E-state index in [1.165, 1.54) is 12.1 Å². The summed E-state index contributed by atoms with van der Waals surface area (Å²) in [6.45, 7) is 10.4. The van der Waals surface area contributed by atoms with E-state index in [1.54, 1.807) is 0 Å². The minimum atomic E-state index is -0.224. The highest BCUT2D eigenvalue weighted by Gasteiger charge is 2.13. The molecule has 2 aromatic rings. The van der Waals surface area contributed by atoms with E-state index in [-0.39, 0.29) is 11.4 Å². The molecule has 0 saturated carbocycles. The standard InChI is InChI=1S/C16H24FN3/c1-5-10-20-14-7-6-12(17)11-13(14)19-15(20)8-9-18-16(2,3)4/h6-7,11,18H,5,8-10H2,1-4H3. The van der Waals surface area contributed by atoms with E-state index in [4.69, 9.17) is 0 Å². The molecule has 1 aromatic heterocycles. The Morgan fingerprint density at radius 1 is 1.30 bits per heavy atom. The smallest absolute Gasteiger partial charge is 0.125 e. The van der Waals surface area contributed by atoms with E-state index in [9.17, 15) is 4.39 Å². The highest BCUT2D eigenvalue weighted by atomic mass is 19.1. The summed E-state index contributed by atoms with van der Waals surface area (Å²) in [5.41, 5.74) is 1.89. The molecule has 0 unspecified atom stereocenters. The molecule has 0 atom stereocenters. The van der Waals surface area contributed by atoms with Crippen LogP contribution in [0.15, 0.2) is 18.2 Å². The monoisotopic (exact) mass is 277 g/mol. The maximum absolute atomic E-state index is 13.3. The number of benzene rings is 1. The van der Waals surface area contributed by atoms with Gasteiger partial charge in [0.2, 0.25) is 0 Å². The Morgan fingerprint density at radius 2 is 2.05 bits per heavy atom. The van der Waals surface area contributed by atoms with Crippen LogP contribution < -0.4 is 5.32 Å². The van der Waals surface area contributed by atoms with Crippen LogP contribution in [0.2, 0.25) is 0 Å². The van der Waals surface area contributed by atoms with Crippen molar-refractivity contribution in [1.82, 2.24) is 14.9 Å². The topological polar surface area (TPSA) is 29.9 Å². The van der Waals surface area contributed by atoms with Crippen molar-refractivity contribution in [2.45, 2.75) is 52.6 Å². The fourth-order valence-electron chi connectivity index (χ4n) is 2.37. The van der Waals surface area contributed by atoms with E-state index in [0.717, 1.165) is 42.8 Å². The van der Waals surface area contributed by atoms with Crippen molar-refractivity contribution in [3.05, 3.63) is 29.8 Å². The second kappa shape index (κ2) is 5.92. The van der Waals surface area contributed by atoms with Gasteiger partial charge in [-0.1, -0.05) is 6.92 Å². The van der Waals surface area contributed by atoms with Gasteiger partial charge < -0.3 is 9.88 Å². The van der Waals surface area contributed by atoms with Crippen molar-refractivity contribution in [1.29, 1.82) is 0 Å². The molecule has 3 nitrogen and oxygen atoms in total. The third-order valence-corrected chi connectivity index (χ3v) is 3.24. The Bertz CT molecular complexity index is 581. The summed E-state index contributed by atoms with van der Waals surface area (Å²) in [6, 6.07) is 4.85. The predicted octanol–water partition coefficient (Wildman–Crippen LogP) is 3.52. The Morgan fingerprint density at radius 3 is 2.70 bits per heavy atom. The number of nitrogens with one attached hydrogen (secondary N) is 1. The van der Waals surface area contributed by atoms with Gasteiger partial charge in [-0.05, 0) is 39.3 Å². The van der Waals surface area contributed by atoms with E-state index < -0.39 is 0 Å². The summed E-state index contributed by atoms with van der Waals surface area (Å²) in [6.07, 6.45) is 1.90. The maximum Gasteiger partial charge on any atom is 0.125 e. The van der Waals surface area contributed by atoms with Gasteiger partial charge in [0, 0.05) is 31.1 Å². The van der Waals surface area contributed by atoms with Gasteiger partial charge in [0.1, 0.15) is 11.6 Å². The van der Waals surface area contributed by atoms with E-state index in [0.29, 0.717) is 0 Å². The molecular formula is C16H24FN3. The van der Waals surface area contributed by atoms with Crippen molar-refractivity contribution in [2.24, 2.45) is 0 Å². The number of halogens is 1. The lowest BCUT2D eigenvalue weighted by Gasteiger charge is -2.20. The average Bonchev–Trinajstić information content (AvgIpc) is 2.66. The van der Waals surface area contributed by atoms with Gasteiger partial charge in [0.15, 0.2) is 0 Å². The van der Waals surface area contributed by atoms with Crippen LogP contribution in [-0.2, 0) is 13.0 Å². The highest BCUT2D eigenvalue weighted by Crippen LogP contribution is 2.18. The zero-order chi connectivity index (χ0) is 14.8. The predicted molar refractivity (Wildman–Crippen MR) is 81.4 cm³/mol. The molecule has 1 aromatic carbocycles. The SMILES string of the molecule is CCCn1c(CCNC(C)(C)C)nc2cc(F)ccc21. The average molecular weight is 277 g/mol. The van der Waals surface area contributed by atoms with Gasteiger partial charge in [-0.25, -0.2) is 9.37 Å². The number of aryl methyl sites for hydroxylation is 1. The molecule has 0 saturated heterocycles. The van der Waals surface area contributed by atoms with Gasteiger partial charge >= 0.3 is 0 Å². The molecule has 0 radical (unpaired) electrons. The lowest BCUT2D eigenvalue weighted by Crippen LogP contribution is -2.37. The largest absolute Gasteiger partial charge is 0.328 e. The first kappa shape index (κ1) is 15.0. The minimum absolute atomic E-state index is 0.105. The number of nitrogens with zero attached hydrogens (tertiary/aromatic N) is 2. The first-order valence-electron chi connectivity index (χ1n) is 7.30. The van der Waals surface area contributed by atoms with Crippen molar-refractivity contribution < 1.29 is 4.39 Å². The lowest BCUT2D eigenvalue weighted by molar-refractivity contribution is 0.425. The molecule has 2 rings (SSSR count). The molecule has 0 aliphatic heterocycles. The zero-order valence-electron chi connectivity index (χ0n) is 12.8. The summed E-state index contributed by atoms with van der Waals surface area (Å²) < 4.78 is 15.5. The van der Waals surface area contributed by atoms with Crippen LogP contribution in [0.5, 0.6) is 0 Å². The van der Waals surface area contributed by atoms with Crippen LogP contribution in [0.4, 0.5) is 4.39 Å². The number of hydrogen-bond acceptors (Lipinski definition) is 2. The fourth-order valence-corrected chi connectivity index (χ4v) is 2.37. The fraction of sp³-hybridized carbons (Fsp3) is 0.562. The van der Waals surface area contributed by atoms with Gasteiger partial charge in [0.05, 0.1) is 11.0 Å². The lowest BCUT2D eigenvalue weighted by atomic mass is 10.1. The van der Waals surface area contributed by atoms with Gasteiger partial charge in [-0.15, -0.1) is 0 Å². The molecule has 4 heteroatoms. The van der Waals surface area contributed by atoms with Crippen molar-refractivity contribution >= 4 is 11.0 Å². The van der Waals surface area contributed by atoms with Crippen molar-refractivity contribution in [3.63, 3.8) is 0 Å². The number of aromatic nitrogens is 2. The second-order valence-corrected chi connectivity index (χ2v) is 6.24. The first-order chi connectivity index (χ1) is 9.40. The molecule has 0 spiro atoms. The molecule has 0 fully saturated rings. The molecule has 110 valence electrons. The number of fused-ring (bicyclic) bond motifs is 1. The number of imidazole rings is 1. The van der Waals surface area contributed by atoms with E-state index in [1.807, 2.05) is 6.07 Å². The summed E-state index contributed by atoms with van der Waals surface area (Å²) in [5.74, 6) is 0.808. The molecule has 0 amide bonds. The zero-order valence-corrected chi connectivity index (χ0v) is 12.8. The Kier molecular flexibility index (Phi) is 4.43. The molecule has 0 bridgehead atoms. The van der Waals surface area contributed by atoms with Crippen molar-refractivity contribution in [3.8, 4) is 0 Å². The molecular weight excluding hydrogens is 253 g/mol. The summed E-state index contributed by atoms with van der Waals surface area (Å²) in [7, 11) is 0. The summed E-state index contributed by atoms with van der Waals surface area (Å²) in [4.78, 5) is 4.59. The number of rotatable bonds is 5. The van der Waals surface area contributed by atoms with Gasteiger partial charge in [0.25, 0.3) is 0 Å². The quantitative estimate of drug-likeness (QED) is 0.906. The second-order valence-electron chi connectivity index (χ2n) is 6.24. The normalized spacial score (nSPS) is 12.2. The summed E-state index contributed by atoms with van der Waals surface area (Å²) >= 11 is 0. The Labute approximate surface area is 120 Å². The van der Waals surface area contributed by atoms with E-state index in [2.05, 4.69) is 42.6 Å². The third-order valence-electron chi connectivity index (χ3n) is 3.24.